The fourth-order valence-corrected chi connectivity index (χ4v) is 3.85. The second-order valence-electron chi connectivity index (χ2n) is 7.02. The van der Waals surface area contributed by atoms with Crippen LogP contribution in [0.4, 0.5) is 5.69 Å². The Morgan fingerprint density at radius 1 is 1.10 bits per heavy atom. The van der Waals surface area contributed by atoms with Gasteiger partial charge in [0.2, 0.25) is 5.91 Å². The predicted octanol–water partition coefficient (Wildman–Crippen LogP) is 4.79. The molecule has 6 nitrogen and oxygen atoms in total. The van der Waals surface area contributed by atoms with E-state index in [0.29, 0.717) is 18.3 Å². The molecule has 0 fully saturated rings. The van der Waals surface area contributed by atoms with Gasteiger partial charge in [-0.1, -0.05) is 43.0 Å². The number of carbonyl (C=O) groups excluding carboxylic acids is 1. The normalized spacial score (nSPS) is 10.8. The molecule has 0 aliphatic carbocycles. The van der Waals surface area contributed by atoms with Crippen molar-refractivity contribution in [2.45, 2.75) is 52.4 Å². The lowest BCUT2D eigenvalue weighted by Gasteiger charge is -2.11. The lowest BCUT2D eigenvalue weighted by atomic mass is 10.1. The smallest absolute Gasteiger partial charge is 0.234 e. The molecule has 0 aliphatic heterocycles. The minimum absolute atomic E-state index is 0.0666. The molecule has 1 N–H and O–H groups in total. The van der Waals surface area contributed by atoms with Crippen molar-refractivity contribution in [2.24, 2.45) is 0 Å². The van der Waals surface area contributed by atoms with E-state index in [1.165, 1.54) is 22.9 Å². The number of aryl methyl sites for hydroxylation is 2. The number of benzene rings is 2. The Hall–Kier alpha value is -2.80. The van der Waals surface area contributed by atoms with Gasteiger partial charge in [-0.15, -0.1) is 10.2 Å². The van der Waals surface area contributed by atoms with Crippen LogP contribution in [0.3, 0.4) is 0 Å². The van der Waals surface area contributed by atoms with Crippen molar-refractivity contribution in [3.63, 3.8) is 0 Å². The number of aromatic nitrogens is 3. The second kappa shape index (κ2) is 10.3. The molecule has 0 aliphatic rings. The summed E-state index contributed by atoms with van der Waals surface area (Å²) in [5.41, 5.74) is 4.36. The maximum Gasteiger partial charge on any atom is 0.234 e. The molecule has 3 rings (SSSR count). The van der Waals surface area contributed by atoms with Gasteiger partial charge in [0.15, 0.2) is 11.0 Å². The van der Waals surface area contributed by atoms with E-state index in [1.54, 1.807) is 0 Å². The van der Waals surface area contributed by atoms with Crippen LogP contribution in [0.1, 0.15) is 36.4 Å². The third kappa shape index (κ3) is 5.42. The average Bonchev–Trinajstić information content (AvgIpc) is 3.15. The first-order valence-corrected chi connectivity index (χ1v) is 11.1. The van der Waals surface area contributed by atoms with E-state index in [2.05, 4.69) is 35.4 Å². The van der Waals surface area contributed by atoms with Crippen molar-refractivity contribution < 1.29 is 9.53 Å². The summed E-state index contributed by atoms with van der Waals surface area (Å²) in [5, 5.41) is 12.2. The molecule has 158 valence electrons. The van der Waals surface area contributed by atoms with E-state index >= 15 is 0 Å². The summed E-state index contributed by atoms with van der Waals surface area (Å²) in [6.45, 7) is 9.29. The zero-order valence-corrected chi connectivity index (χ0v) is 18.8. The van der Waals surface area contributed by atoms with Crippen molar-refractivity contribution in [2.75, 3.05) is 11.1 Å². The lowest BCUT2D eigenvalue weighted by molar-refractivity contribution is -0.113. The van der Waals surface area contributed by atoms with E-state index in [1.807, 2.05) is 54.8 Å². The van der Waals surface area contributed by atoms with Gasteiger partial charge in [0, 0.05) is 12.2 Å². The van der Waals surface area contributed by atoms with Gasteiger partial charge in [0.1, 0.15) is 12.4 Å². The van der Waals surface area contributed by atoms with Crippen molar-refractivity contribution in [3.8, 4) is 5.75 Å². The molecule has 3 aromatic rings. The number of anilines is 1. The maximum absolute atomic E-state index is 12.3. The number of rotatable bonds is 9. The average molecular weight is 425 g/mol. The number of amides is 1. The highest BCUT2D eigenvalue weighted by Gasteiger charge is 2.14. The molecule has 0 saturated heterocycles. The maximum atomic E-state index is 12.3. The van der Waals surface area contributed by atoms with Gasteiger partial charge in [-0.05, 0) is 62.1 Å². The van der Waals surface area contributed by atoms with Crippen molar-refractivity contribution >= 4 is 23.4 Å². The monoisotopic (exact) mass is 424 g/mol. The molecule has 1 aromatic heterocycles. The fraction of sp³-hybridized carbons (Fsp3) is 0.348. The number of carbonyl (C=O) groups is 1. The quantitative estimate of drug-likeness (QED) is 0.500. The summed E-state index contributed by atoms with van der Waals surface area (Å²) in [6, 6.07) is 13.9. The number of nitrogens with zero attached hydrogens (tertiary/aromatic N) is 3. The van der Waals surface area contributed by atoms with Crippen LogP contribution in [0, 0.1) is 13.8 Å². The third-order valence-electron chi connectivity index (χ3n) is 5.00. The fourth-order valence-electron chi connectivity index (χ4n) is 3.02. The van der Waals surface area contributed by atoms with Crippen LogP contribution in [-0.4, -0.2) is 26.4 Å². The van der Waals surface area contributed by atoms with Crippen LogP contribution < -0.4 is 10.1 Å². The van der Waals surface area contributed by atoms with Gasteiger partial charge in [-0.3, -0.25) is 4.79 Å². The standard InChI is InChI=1S/C23H28N4O2S/c1-5-18-10-12-19(13-11-18)24-22(28)15-30-23-26-25-21(27(23)6-2)14-29-20-9-7-8-16(3)17(20)4/h7-13H,5-6,14-15H2,1-4H3,(H,24,28). The Labute approximate surface area is 182 Å². The van der Waals surface area contributed by atoms with Gasteiger partial charge in [0.25, 0.3) is 0 Å². The zero-order chi connectivity index (χ0) is 21.5. The largest absolute Gasteiger partial charge is 0.485 e. The van der Waals surface area contributed by atoms with Crippen molar-refractivity contribution in [1.29, 1.82) is 0 Å². The van der Waals surface area contributed by atoms with Crippen LogP contribution in [0.2, 0.25) is 0 Å². The summed E-state index contributed by atoms with van der Waals surface area (Å²) < 4.78 is 7.96. The highest BCUT2D eigenvalue weighted by Crippen LogP contribution is 2.23. The predicted molar refractivity (Wildman–Crippen MR) is 121 cm³/mol. The Kier molecular flexibility index (Phi) is 7.52. The minimum Gasteiger partial charge on any atom is -0.485 e. The first-order chi connectivity index (χ1) is 14.5. The molecule has 0 bridgehead atoms. The number of ether oxygens (including phenoxy) is 1. The summed E-state index contributed by atoms with van der Waals surface area (Å²) >= 11 is 1.38. The highest BCUT2D eigenvalue weighted by molar-refractivity contribution is 7.99. The molecule has 0 saturated carbocycles. The van der Waals surface area contributed by atoms with E-state index in [9.17, 15) is 4.79 Å². The number of hydrogen-bond donors (Lipinski definition) is 1. The topological polar surface area (TPSA) is 69.0 Å². The summed E-state index contributed by atoms with van der Waals surface area (Å²) in [6.07, 6.45) is 0.978. The molecule has 0 radical (unpaired) electrons. The van der Waals surface area contributed by atoms with Gasteiger partial charge >= 0.3 is 0 Å². The SMILES string of the molecule is CCc1ccc(NC(=O)CSc2nnc(COc3cccc(C)c3C)n2CC)cc1. The molecule has 0 atom stereocenters. The molecule has 1 heterocycles. The van der Waals surface area contributed by atoms with E-state index < -0.39 is 0 Å². The molecule has 2 aromatic carbocycles. The highest BCUT2D eigenvalue weighted by atomic mass is 32.2. The number of thioether (sulfide) groups is 1. The molecule has 7 heteroatoms. The summed E-state index contributed by atoms with van der Waals surface area (Å²) in [5.74, 6) is 1.80. The van der Waals surface area contributed by atoms with Gasteiger partial charge in [0.05, 0.1) is 5.75 Å². The Bertz CT molecular complexity index is 999. The van der Waals surface area contributed by atoms with Gasteiger partial charge in [-0.25, -0.2) is 0 Å². The number of nitrogens with one attached hydrogen (secondary N) is 1. The van der Waals surface area contributed by atoms with Crippen LogP contribution >= 0.6 is 11.8 Å². The minimum atomic E-state index is -0.0666. The molecule has 0 spiro atoms. The molecular weight excluding hydrogens is 396 g/mol. The molecule has 30 heavy (non-hydrogen) atoms. The first-order valence-electron chi connectivity index (χ1n) is 10.1. The van der Waals surface area contributed by atoms with Crippen LogP contribution in [0.5, 0.6) is 5.75 Å². The van der Waals surface area contributed by atoms with Crippen molar-refractivity contribution in [3.05, 3.63) is 65.0 Å². The van der Waals surface area contributed by atoms with E-state index in [-0.39, 0.29) is 11.7 Å². The Balaban J connectivity index is 1.58. The van der Waals surface area contributed by atoms with Crippen LogP contribution in [-0.2, 0) is 24.4 Å². The van der Waals surface area contributed by atoms with Crippen LogP contribution in [0.25, 0.3) is 0 Å². The van der Waals surface area contributed by atoms with Gasteiger partial charge in [-0.2, -0.15) is 0 Å². The Morgan fingerprint density at radius 2 is 1.87 bits per heavy atom. The molecule has 0 unspecified atom stereocenters. The number of hydrogen-bond acceptors (Lipinski definition) is 5. The zero-order valence-electron chi connectivity index (χ0n) is 17.9. The molecule has 1 amide bonds. The summed E-state index contributed by atoms with van der Waals surface area (Å²) in [4.78, 5) is 12.3. The third-order valence-corrected chi connectivity index (χ3v) is 5.97. The second-order valence-corrected chi connectivity index (χ2v) is 7.96. The van der Waals surface area contributed by atoms with E-state index in [0.717, 1.165) is 29.2 Å². The summed E-state index contributed by atoms with van der Waals surface area (Å²) in [7, 11) is 0. The van der Waals surface area contributed by atoms with Crippen LogP contribution in [0.15, 0.2) is 47.6 Å². The van der Waals surface area contributed by atoms with Crippen molar-refractivity contribution in [1.82, 2.24) is 14.8 Å². The first kappa shape index (κ1) is 21.9. The Morgan fingerprint density at radius 3 is 2.57 bits per heavy atom. The lowest BCUT2D eigenvalue weighted by Crippen LogP contribution is -2.15. The molecular formula is C23H28N4O2S. The van der Waals surface area contributed by atoms with E-state index in [4.69, 9.17) is 4.74 Å². The van der Waals surface area contributed by atoms with Gasteiger partial charge < -0.3 is 14.6 Å².